The lowest BCUT2D eigenvalue weighted by Gasteiger charge is -2.15. The Morgan fingerprint density at radius 2 is 1.46 bits per heavy atom. The Kier molecular flexibility index (Phi) is 3.05. The number of hydrogen-bond donors (Lipinski definition) is 0. The van der Waals surface area contributed by atoms with Gasteiger partial charge in [0.25, 0.3) is 5.65 Å². The molecule has 2 aromatic carbocycles. The fourth-order valence-electron chi connectivity index (χ4n) is 4.22. The Bertz CT molecular complexity index is 1160. The number of nitrogens with zero attached hydrogens (tertiary/aromatic N) is 2. The molecule has 0 amide bonds. The number of aryl methyl sites for hydroxylation is 5. The lowest BCUT2D eigenvalue weighted by Crippen LogP contribution is -2.23. The average Bonchev–Trinajstić information content (AvgIpc) is 2.85. The highest BCUT2D eigenvalue weighted by atomic mass is 15.1. The molecule has 0 fully saturated rings. The molecule has 0 aliphatic rings. The van der Waals surface area contributed by atoms with Crippen molar-refractivity contribution in [1.29, 1.82) is 0 Å². The van der Waals surface area contributed by atoms with Crippen LogP contribution >= 0.6 is 0 Å². The fourth-order valence-corrected chi connectivity index (χ4v) is 4.22. The molecule has 0 N–H and O–H groups in total. The molecule has 0 aliphatic carbocycles. The summed E-state index contributed by atoms with van der Waals surface area (Å²) in [4.78, 5) is 0. The monoisotopic (exact) mass is 317 g/mol. The van der Waals surface area contributed by atoms with Crippen LogP contribution in [0.5, 0.6) is 0 Å². The second kappa shape index (κ2) is 4.83. The van der Waals surface area contributed by atoms with Crippen molar-refractivity contribution >= 4 is 27.3 Å². The number of hydrogen-bond acceptors (Lipinski definition) is 0. The van der Waals surface area contributed by atoms with E-state index >= 15 is 0 Å². The van der Waals surface area contributed by atoms with E-state index in [4.69, 9.17) is 0 Å². The van der Waals surface area contributed by atoms with E-state index in [-0.39, 0.29) is 0 Å². The van der Waals surface area contributed by atoms with E-state index < -0.39 is 0 Å². The van der Waals surface area contributed by atoms with Crippen LogP contribution in [0.15, 0.2) is 24.4 Å². The van der Waals surface area contributed by atoms with Crippen LogP contribution in [0.3, 0.4) is 0 Å². The van der Waals surface area contributed by atoms with Crippen LogP contribution < -0.4 is 4.40 Å². The van der Waals surface area contributed by atoms with Gasteiger partial charge in [-0.25, -0.2) is 4.57 Å². The molecule has 0 saturated carbocycles. The first-order chi connectivity index (χ1) is 11.3. The minimum Gasteiger partial charge on any atom is -0.230 e. The molecule has 0 radical (unpaired) electrons. The third kappa shape index (κ3) is 1.69. The van der Waals surface area contributed by atoms with E-state index in [0.29, 0.717) is 0 Å². The Hall–Kier alpha value is -2.35. The van der Waals surface area contributed by atoms with Gasteiger partial charge in [0.1, 0.15) is 17.4 Å². The summed E-state index contributed by atoms with van der Waals surface area (Å²) in [7, 11) is 2.17. The summed E-state index contributed by atoms with van der Waals surface area (Å²) in [5.74, 6) is 0. The predicted octanol–water partition coefficient (Wildman–Crippen LogP) is 4.92. The zero-order valence-electron chi connectivity index (χ0n) is 15.7. The van der Waals surface area contributed by atoms with Gasteiger partial charge in [-0.2, -0.15) is 4.40 Å². The van der Waals surface area contributed by atoms with Crippen LogP contribution in [0, 0.1) is 41.5 Å². The van der Waals surface area contributed by atoms with Crippen molar-refractivity contribution in [3.05, 3.63) is 57.9 Å². The summed E-state index contributed by atoms with van der Waals surface area (Å²) in [6, 6.07) is 6.70. The molecule has 122 valence electrons. The van der Waals surface area contributed by atoms with Gasteiger partial charge < -0.3 is 0 Å². The third-order valence-corrected chi connectivity index (χ3v) is 6.05. The number of pyridine rings is 1. The fraction of sp³-hybridized carbons (Fsp3) is 0.318. The predicted molar refractivity (Wildman–Crippen MR) is 102 cm³/mol. The van der Waals surface area contributed by atoms with E-state index in [1.54, 1.807) is 0 Å². The van der Waals surface area contributed by atoms with E-state index in [0.717, 1.165) is 0 Å². The average molecular weight is 317 g/mol. The van der Waals surface area contributed by atoms with Crippen molar-refractivity contribution in [3.63, 3.8) is 0 Å². The van der Waals surface area contributed by atoms with Crippen molar-refractivity contribution in [3.8, 4) is 0 Å². The van der Waals surface area contributed by atoms with Gasteiger partial charge in [-0.05, 0) is 56.9 Å². The number of aromatic nitrogens is 2. The lowest BCUT2D eigenvalue weighted by molar-refractivity contribution is -0.479. The van der Waals surface area contributed by atoms with E-state index in [9.17, 15) is 0 Å². The molecule has 2 heteroatoms. The summed E-state index contributed by atoms with van der Waals surface area (Å²) in [6.45, 7) is 13.4. The topological polar surface area (TPSA) is 9.03 Å². The molecule has 0 bridgehead atoms. The summed E-state index contributed by atoms with van der Waals surface area (Å²) in [6.07, 6.45) is 2.28. The second-order valence-electron chi connectivity index (χ2n) is 7.24. The minimum absolute atomic E-state index is 1.28. The molecular formula is C22H25N2+. The Balaban J connectivity index is 2.54. The highest BCUT2D eigenvalue weighted by Gasteiger charge is 2.24. The van der Waals surface area contributed by atoms with Gasteiger partial charge in [-0.3, -0.25) is 0 Å². The van der Waals surface area contributed by atoms with Crippen LogP contribution in [0.25, 0.3) is 27.3 Å². The Morgan fingerprint density at radius 3 is 2.17 bits per heavy atom. The van der Waals surface area contributed by atoms with Crippen LogP contribution in [-0.4, -0.2) is 4.57 Å². The van der Waals surface area contributed by atoms with Gasteiger partial charge in [0.05, 0.1) is 12.4 Å². The molecule has 0 atom stereocenters. The highest BCUT2D eigenvalue weighted by Crippen LogP contribution is 2.35. The maximum Gasteiger partial charge on any atom is 0.294 e. The molecule has 24 heavy (non-hydrogen) atoms. The van der Waals surface area contributed by atoms with E-state index in [1.165, 1.54) is 60.8 Å². The molecule has 0 spiro atoms. The van der Waals surface area contributed by atoms with Crippen molar-refractivity contribution in [2.75, 3.05) is 0 Å². The summed E-state index contributed by atoms with van der Waals surface area (Å²) >= 11 is 0. The van der Waals surface area contributed by atoms with Gasteiger partial charge in [0.15, 0.2) is 0 Å². The first-order valence-electron chi connectivity index (χ1n) is 8.63. The number of benzene rings is 2. The maximum atomic E-state index is 2.41. The van der Waals surface area contributed by atoms with Crippen molar-refractivity contribution in [1.82, 2.24) is 4.57 Å². The molecule has 2 aromatic heterocycles. The van der Waals surface area contributed by atoms with Gasteiger partial charge in [-0.1, -0.05) is 18.2 Å². The van der Waals surface area contributed by atoms with Gasteiger partial charge in [0, 0.05) is 23.3 Å². The number of imidazole rings is 1. The maximum absolute atomic E-state index is 2.41. The molecule has 2 nitrogen and oxygen atoms in total. The molecule has 4 rings (SSSR count). The lowest BCUT2D eigenvalue weighted by atomic mass is 9.91. The molecule has 0 unspecified atom stereocenters. The molecular weight excluding hydrogens is 292 g/mol. The van der Waals surface area contributed by atoms with Gasteiger partial charge >= 0.3 is 0 Å². The third-order valence-electron chi connectivity index (χ3n) is 6.05. The zero-order chi connectivity index (χ0) is 17.3. The normalized spacial score (nSPS) is 12.0. The van der Waals surface area contributed by atoms with Crippen LogP contribution in [0.2, 0.25) is 0 Å². The zero-order valence-corrected chi connectivity index (χ0v) is 15.7. The molecule has 0 saturated heterocycles. The molecule has 4 aromatic rings. The molecule has 0 aliphatic heterocycles. The SMILES string of the molecule is Cc1c(C)c(C)c2c(c1C)c1cccc(C)c1c1n(C)c(C)c[n+]21. The van der Waals surface area contributed by atoms with Crippen molar-refractivity contribution in [2.24, 2.45) is 7.05 Å². The van der Waals surface area contributed by atoms with Crippen molar-refractivity contribution in [2.45, 2.75) is 41.5 Å². The summed E-state index contributed by atoms with van der Waals surface area (Å²) in [5, 5.41) is 4.14. The van der Waals surface area contributed by atoms with Gasteiger partial charge in [-0.15, -0.1) is 0 Å². The van der Waals surface area contributed by atoms with Crippen LogP contribution in [0.4, 0.5) is 0 Å². The first kappa shape index (κ1) is 15.2. The summed E-state index contributed by atoms with van der Waals surface area (Å²) < 4.78 is 4.73. The quantitative estimate of drug-likeness (QED) is 0.321. The standard InChI is InChI=1S/C22H25N2/c1-12-9-8-10-18-19(12)22-23(7)13(2)11-24(22)21-17(6)15(4)14(3)16(5)20(18)21/h8-11H,1-7H3/q+1. The highest BCUT2D eigenvalue weighted by molar-refractivity contribution is 6.12. The van der Waals surface area contributed by atoms with Gasteiger partial charge in [0.2, 0.25) is 0 Å². The second-order valence-corrected chi connectivity index (χ2v) is 7.24. The van der Waals surface area contributed by atoms with E-state index in [2.05, 4.69) is 82.0 Å². The van der Waals surface area contributed by atoms with Crippen molar-refractivity contribution < 1.29 is 4.40 Å². The Labute approximate surface area is 143 Å². The largest absolute Gasteiger partial charge is 0.294 e. The minimum atomic E-state index is 1.28. The van der Waals surface area contributed by atoms with E-state index in [1.807, 2.05) is 0 Å². The molecule has 2 heterocycles. The smallest absolute Gasteiger partial charge is 0.230 e. The summed E-state index contributed by atoms with van der Waals surface area (Å²) in [5.41, 5.74) is 10.9. The number of fused-ring (bicyclic) bond motifs is 6. The Morgan fingerprint density at radius 1 is 0.792 bits per heavy atom. The first-order valence-corrected chi connectivity index (χ1v) is 8.63. The number of rotatable bonds is 0. The van der Waals surface area contributed by atoms with Crippen LogP contribution in [-0.2, 0) is 7.05 Å². The van der Waals surface area contributed by atoms with Crippen LogP contribution in [0.1, 0.15) is 33.5 Å².